The fourth-order valence-electron chi connectivity index (χ4n) is 2.27. The molecule has 0 saturated carbocycles. The molecule has 3 aromatic rings. The zero-order valence-corrected chi connectivity index (χ0v) is 14.0. The first-order valence-corrected chi connectivity index (χ1v) is 8.12. The van der Waals surface area contributed by atoms with Crippen molar-refractivity contribution in [1.82, 2.24) is 10.3 Å². The van der Waals surface area contributed by atoms with E-state index in [1.165, 1.54) is 0 Å². The molecule has 0 atom stereocenters. The highest BCUT2D eigenvalue weighted by molar-refractivity contribution is 6.39. The molecule has 3 rings (SSSR count). The molecule has 1 aromatic heterocycles. The van der Waals surface area contributed by atoms with E-state index in [0.29, 0.717) is 11.4 Å². The van der Waals surface area contributed by atoms with E-state index < -0.39 is 11.8 Å². The Morgan fingerprint density at radius 2 is 1.38 bits per heavy atom. The molecule has 130 valence electrons. The van der Waals surface area contributed by atoms with Gasteiger partial charge in [0.15, 0.2) is 0 Å². The van der Waals surface area contributed by atoms with Gasteiger partial charge >= 0.3 is 11.8 Å². The van der Waals surface area contributed by atoms with Crippen LogP contribution in [0.1, 0.15) is 5.69 Å². The van der Waals surface area contributed by atoms with Crippen molar-refractivity contribution in [2.45, 2.75) is 6.54 Å². The van der Waals surface area contributed by atoms with Crippen LogP contribution in [0.3, 0.4) is 0 Å². The lowest BCUT2D eigenvalue weighted by Crippen LogP contribution is -2.35. The van der Waals surface area contributed by atoms with Crippen molar-refractivity contribution in [2.24, 2.45) is 0 Å². The standard InChI is InChI=1S/C20H18N4O2/c25-19(22-14-18-8-4-5-13-21-18)20(26)24-17-11-9-16(10-12-17)23-15-6-2-1-3-7-15/h1-13,23H,14H2,(H,22,25)(H,24,26). The minimum Gasteiger partial charge on any atom is -0.356 e. The molecular weight excluding hydrogens is 328 g/mol. The highest BCUT2D eigenvalue weighted by atomic mass is 16.2. The first-order valence-electron chi connectivity index (χ1n) is 8.12. The zero-order chi connectivity index (χ0) is 18.2. The summed E-state index contributed by atoms with van der Waals surface area (Å²) < 4.78 is 0. The summed E-state index contributed by atoms with van der Waals surface area (Å²) in [5.41, 5.74) is 3.08. The Kier molecular flexibility index (Phi) is 5.57. The van der Waals surface area contributed by atoms with E-state index in [2.05, 4.69) is 20.9 Å². The maximum Gasteiger partial charge on any atom is 0.313 e. The minimum absolute atomic E-state index is 0.201. The summed E-state index contributed by atoms with van der Waals surface area (Å²) in [4.78, 5) is 27.9. The predicted octanol–water partition coefficient (Wildman–Crippen LogP) is 3.08. The van der Waals surface area contributed by atoms with Gasteiger partial charge in [-0.05, 0) is 48.5 Å². The van der Waals surface area contributed by atoms with Crippen LogP contribution in [0.15, 0.2) is 79.0 Å². The molecule has 0 spiro atoms. The van der Waals surface area contributed by atoms with Gasteiger partial charge in [-0.2, -0.15) is 0 Å². The molecule has 26 heavy (non-hydrogen) atoms. The zero-order valence-electron chi connectivity index (χ0n) is 14.0. The van der Waals surface area contributed by atoms with Gasteiger partial charge in [0.25, 0.3) is 0 Å². The summed E-state index contributed by atoms with van der Waals surface area (Å²) in [6.07, 6.45) is 1.63. The van der Waals surface area contributed by atoms with Crippen LogP contribution in [0.25, 0.3) is 0 Å². The molecule has 1 heterocycles. The van der Waals surface area contributed by atoms with E-state index in [9.17, 15) is 9.59 Å². The highest BCUT2D eigenvalue weighted by Gasteiger charge is 2.13. The molecule has 3 N–H and O–H groups in total. The molecule has 0 fully saturated rings. The Balaban J connectivity index is 1.51. The van der Waals surface area contributed by atoms with Gasteiger partial charge in [-0.3, -0.25) is 14.6 Å². The van der Waals surface area contributed by atoms with Crippen molar-refractivity contribution in [2.75, 3.05) is 10.6 Å². The third-order valence-electron chi connectivity index (χ3n) is 3.57. The number of amides is 2. The number of rotatable bonds is 5. The van der Waals surface area contributed by atoms with Crippen LogP contribution < -0.4 is 16.0 Å². The van der Waals surface area contributed by atoms with E-state index >= 15 is 0 Å². The van der Waals surface area contributed by atoms with Gasteiger partial charge in [-0.1, -0.05) is 24.3 Å². The van der Waals surface area contributed by atoms with E-state index in [1.807, 2.05) is 48.5 Å². The molecular formula is C20H18N4O2. The van der Waals surface area contributed by atoms with Gasteiger partial charge in [-0.15, -0.1) is 0 Å². The van der Waals surface area contributed by atoms with Gasteiger partial charge in [0.05, 0.1) is 12.2 Å². The number of aromatic nitrogens is 1. The van der Waals surface area contributed by atoms with Crippen molar-refractivity contribution >= 4 is 28.9 Å². The molecule has 0 unspecified atom stereocenters. The van der Waals surface area contributed by atoms with Crippen LogP contribution in [0.2, 0.25) is 0 Å². The Bertz CT molecular complexity index is 865. The molecule has 0 bridgehead atoms. The number of nitrogens with zero attached hydrogens (tertiary/aromatic N) is 1. The predicted molar refractivity (Wildman–Crippen MR) is 101 cm³/mol. The van der Waals surface area contributed by atoms with Crippen molar-refractivity contribution in [1.29, 1.82) is 0 Å². The van der Waals surface area contributed by atoms with E-state index in [0.717, 1.165) is 11.4 Å². The Morgan fingerprint density at radius 3 is 2.08 bits per heavy atom. The van der Waals surface area contributed by atoms with Crippen LogP contribution in [0, 0.1) is 0 Å². The van der Waals surface area contributed by atoms with Crippen LogP contribution in [-0.4, -0.2) is 16.8 Å². The molecule has 0 aliphatic rings. The number of nitrogens with one attached hydrogen (secondary N) is 3. The molecule has 0 aliphatic heterocycles. The Morgan fingerprint density at radius 1 is 0.731 bits per heavy atom. The quantitative estimate of drug-likeness (QED) is 0.620. The summed E-state index contributed by atoms with van der Waals surface area (Å²) in [7, 11) is 0. The van der Waals surface area contributed by atoms with Crippen LogP contribution in [0.4, 0.5) is 17.1 Å². The number of carbonyl (C=O) groups excluding carboxylic acids is 2. The SMILES string of the molecule is O=C(NCc1ccccn1)C(=O)Nc1ccc(Nc2ccccc2)cc1. The van der Waals surface area contributed by atoms with Crippen molar-refractivity contribution in [3.8, 4) is 0 Å². The van der Waals surface area contributed by atoms with Crippen molar-refractivity contribution in [3.63, 3.8) is 0 Å². The van der Waals surface area contributed by atoms with Crippen molar-refractivity contribution < 1.29 is 9.59 Å². The molecule has 2 aromatic carbocycles. The average molecular weight is 346 g/mol. The number of benzene rings is 2. The maximum absolute atomic E-state index is 12.0. The average Bonchev–Trinajstić information content (AvgIpc) is 2.69. The number of anilines is 3. The third kappa shape index (κ3) is 4.91. The second kappa shape index (κ2) is 8.43. The normalized spacial score (nSPS) is 10.0. The smallest absolute Gasteiger partial charge is 0.313 e. The van der Waals surface area contributed by atoms with Crippen LogP contribution in [-0.2, 0) is 16.1 Å². The Labute approximate surface area is 151 Å². The van der Waals surface area contributed by atoms with Gasteiger partial charge in [0.2, 0.25) is 0 Å². The summed E-state index contributed by atoms with van der Waals surface area (Å²) in [6.45, 7) is 0.201. The minimum atomic E-state index is -0.718. The largest absolute Gasteiger partial charge is 0.356 e. The van der Waals surface area contributed by atoms with E-state index in [1.54, 1.807) is 30.5 Å². The lowest BCUT2D eigenvalue weighted by Gasteiger charge is -2.09. The number of para-hydroxylation sites is 1. The van der Waals surface area contributed by atoms with Gasteiger partial charge in [-0.25, -0.2) is 0 Å². The van der Waals surface area contributed by atoms with E-state index in [4.69, 9.17) is 0 Å². The summed E-state index contributed by atoms with van der Waals surface area (Å²) in [6, 6.07) is 22.3. The van der Waals surface area contributed by atoms with Crippen LogP contribution >= 0.6 is 0 Å². The molecule has 0 saturated heterocycles. The number of hydrogen-bond acceptors (Lipinski definition) is 4. The second-order valence-corrected chi connectivity index (χ2v) is 5.53. The Hall–Kier alpha value is -3.67. The third-order valence-corrected chi connectivity index (χ3v) is 3.57. The molecule has 2 amide bonds. The number of hydrogen-bond donors (Lipinski definition) is 3. The molecule has 6 heteroatoms. The number of pyridine rings is 1. The highest BCUT2D eigenvalue weighted by Crippen LogP contribution is 2.18. The fourth-order valence-corrected chi connectivity index (χ4v) is 2.27. The van der Waals surface area contributed by atoms with Crippen molar-refractivity contribution in [3.05, 3.63) is 84.7 Å². The number of carbonyl (C=O) groups is 2. The molecule has 6 nitrogen and oxygen atoms in total. The first kappa shape index (κ1) is 17.2. The fraction of sp³-hybridized carbons (Fsp3) is 0.0500. The van der Waals surface area contributed by atoms with Crippen LogP contribution in [0.5, 0.6) is 0 Å². The second-order valence-electron chi connectivity index (χ2n) is 5.53. The van der Waals surface area contributed by atoms with Gasteiger partial charge < -0.3 is 16.0 Å². The lowest BCUT2D eigenvalue weighted by atomic mass is 10.2. The van der Waals surface area contributed by atoms with Gasteiger partial charge in [0, 0.05) is 23.3 Å². The summed E-state index contributed by atoms with van der Waals surface area (Å²) in [5.74, 6) is -1.42. The summed E-state index contributed by atoms with van der Waals surface area (Å²) in [5, 5.41) is 8.35. The summed E-state index contributed by atoms with van der Waals surface area (Å²) >= 11 is 0. The van der Waals surface area contributed by atoms with E-state index in [-0.39, 0.29) is 6.54 Å². The molecule has 0 aliphatic carbocycles. The van der Waals surface area contributed by atoms with Gasteiger partial charge in [0.1, 0.15) is 0 Å². The topological polar surface area (TPSA) is 83.1 Å². The first-order chi connectivity index (χ1) is 12.7. The maximum atomic E-state index is 12.0. The molecule has 0 radical (unpaired) electrons. The lowest BCUT2D eigenvalue weighted by molar-refractivity contribution is -0.136. The monoisotopic (exact) mass is 346 g/mol.